The number of carbonyl (C=O) groups excluding carboxylic acids is 1. The fourth-order valence-electron chi connectivity index (χ4n) is 2.74. The highest BCUT2D eigenvalue weighted by Crippen LogP contribution is 2.32. The molecule has 25 heavy (non-hydrogen) atoms. The van der Waals surface area contributed by atoms with Crippen LogP contribution in [0.2, 0.25) is 0 Å². The molecule has 1 saturated heterocycles. The van der Waals surface area contributed by atoms with Crippen LogP contribution in [0.15, 0.2) is 36.7 Å². The molecule has 3 aromatic rings. The van der Waals surface area contributed by atoms with Gasteiger partial charge in [0.25, 0.3) is 5.92 Å². The number of nitrogens with zero attached hydrogens (tertiary/aromatic N) is 4. The molecule has 2 aromatic heterocycles. The molecule has 0 saturated carbocycles. The van der Waals surface area contributed by atoms with Crippen molar-refractivity contribution >= 4 is 28.8 Å². The van der Waals surface area contributed by atoms with Crippen LogP contribution in [0, 0.1) is 5.82 Å². The first-order valence-electron chi connectivity index (χ1n) is 7.43. The van der Waals surface area contributed by atoms with Crippen molar-refractivity contribution in [2.24, 2.45) is 0 Å². The molecule has 1 aromatic carbocycles. The molecule has 1 aliphatic heterocycles. The van der Waals surface area contributed by atoms with Crippen molar-refractivity contribution in [1.29, 1.82) is 0 Å². The predicted octanol–water partition coefficient (Wildman–Crippen LogP) is 2.58. The van der Waals surface area contributed by atoms with Gasteiger partial charge in [0.05, 0.1) is 25.0 Å². The van der Waals surface area contributed by atoms with E-state index in [2.05, 4.69) is 15.4 Å². The van der Waals surface area contributed by atoms with Crippen molar-refractivity contribution in [3.05, 3.63) is 42.5 Å². The van der Waals surface area contributed by atoms with Crippen LogP contribution in [-0.2, 0) is 4.79 Å². The van der Waals surface area contributed by atoms with Crippen molar-refractivity contribution in [3.8, 4) is 5.69 Å². The number of hydrogen-bond acceptors (Lipinski definition) is 4. The van der Waals surface area contributed by atoms with Crippen molar-refractivity contribution < 1.29 is 18.0 Å². The van der Waals surface area contributed by atoms with E-state index in [4.69, 9.17) is 0 Å². The lowest BCUT2D eigenvalue weighted by Crippen LogP contribution is -2.56. The maximum atomic E-state index is 14.1. The maximum absolute atomic E-state index is 14.1. The second-order valence-corrected chi connectivity index (χ2v) is 5.82. The van der Waals surface area contributed by atoms with Crippen LogP contribution in [-0.4, -0.2) is 40.2 Å². The van der Waals surface area contributed by atoms with E-state index in [0.29, 0.717) is 28.8 Å². The quantitative estimate of drug-likeness (QED) is 0.737. The summed E-state index contributed by atoms with van der Waals surface area (Å²) < 4.78 is 41.4. The number of benzene rings is 1. The fraction of sp³-hybridized carbons (Fsp3) is 0.188. The molecule has 128 valence electrons. The predicted molar refractivity (Wildman–Crippen MR) is 85.7 cm³/mol. The van der Waals surface area contributed by atoms with E-state index in [9.17, 15) is 18.0 Å². The van der Waals surface area contributed by atoms with Gasteiger partial charge in [-0.1, -0.05) is 0 Å². The molecule has 1 aliphatic rings. The number of halogens is 3. The zero-order valence-corrected chi connectivity index (χ0v) is 12.8. The average molecular weight is 347 g/mol. The standard InChI is InChI=1S/C16H12F3N5O/c17-13-2-1-11(21-9-25)4-14(13)24-6-10-3-12(5-20-15(10)22-24)23-7-16(18,19)8-23/h1-6,9H,7-8H2,(H,21,25). The molecule has 0 unspecified atom stereocenters. The first kappa shape index (κ1) is 15.4. The Labute approximate surface area is 139 Å². The molecule has 1 amide bonds. The van der Waals surface area contributed by atoms with Crippen molar-refractivity contribution in [1.82, 2.24) is 14.8 Å². The minimum Gasteiger partial charge on any atom is -0.358 e. The van der Waals surface area contributed by atoms with Gasteiger partial charge in [0.2, 0.25) is 6.41 Å². The highest BCUT2D eigenvalue weighted by Gasteiger charge is 2.44. The monoisotopic (exact) mass is 347 g/mol. The summed E-state index contributed by atoms with van der Waals surface area (Å²) in [4.78, 5) is 16.2. The molecule has 9 heteroatoms. The van der Waals surface area contributed by atoms with Crippen LogP contribution in [0.5, 0.6) is 0 Å². The molecule has 1 N–H and O–H groups in total. The van der Waals surface area contributed by atoms with E-state index in [1.165, 1.54) is 34.0 Å². The van der Waals surface area contributed by atoms with Crippen LogP contribution in [0.3, 0.4) is 0 Å². The van der Waals surface area contributed by atoms with Gasteiger partial charge in [-0.25, -0.2) is 22.8 Å². The summed E-state index contributed by atoms with van der Waals surface area (Å²) in [7, 11) is 0. The Kier molecular flexibility index (Phi) is 3.38. The zero-order valence-electron chi connectivity index (χ0n) is 12.8. The van der Waals surface area contributed by atoms with Crippen molar-refractivity contribution in [2.75, 3.05) is 23.3 Å². The molecule has 0 spiro atoms. The van der Waals surface area contributed by atoms with E-state index >= 15 is 0 Å². The minimum atomic E-state index is -2.67. The van der Waals surface area contributed by atoms with Gasteiger partial charge >= 0.3 is 0 Å². The number of carbonyl (C=O) groups is 1. The van der Waals surface area contributed by atoms with Gasteiger partial charge in [-0.2, -0.15) is 0 Å². The summed E-state index contributed by atoms with van der Waals surface area (Å²) in [5.74, 6) is -3.19. The second kappa shape index (κ2) is 5.47. The molecule has 0 aliphatic carbocycles. The van der Waals surface area contributed by atoms with Crippen molar-refractivity contribution in [3.63, 3.8) is 0 Å². The van der Waals surface area contributed by atoms with Gasteiger partial charge in [0.15, 0.2) is 5.65 Å². The average Bonchev–Trinajstić information content (AvgIpc) is 2.97. The summed E-state index contributed by atoms with van der Waals surface area (Å²) in [5, 5.41) is 7.24. The first-order chi connectivity index (χ1) is 11.9. The zero-order chi connectivity index (χ0) is 17.6. The second-order valence-electron chi connectivity index (χ2n) is 5.82. The smallest absolute Gasteiger partial charge is 0.282 e. The summed E-state index contributed by atoms with van der Waals surface area (Å²) in [5.41, 5.74) is 1.49. The number of hydrogen-bond donors (Lipinski definition) is 1. The number of amides is 1. The van der Waals surface area contributed by atoms with E-state index in [0.717, 1.165) is 0 Å². The lowest BCUT2D eigenvalue weighted by atomic mass is 10.1. The Morgan fingerprint density at radius 3 is 2.76 bits per heavy atom. The number of alkyl halides is 2. The third-order valence-corrected chi connectivity index (χ3v) is 3.97. The van der Waals surface area contributed by atoms with Gasteiger partial charge < -0.3 is 10.2 Å². The molecule has 6 nitrogen and oxygen atoms in total. The molecular weight excluding hydrogens is 335 g/mol. The number of fused-ring (bicyclic) bond motifs is 1. The highest BCUT2D eigenvalue weighted by atomic mass is 19.3. The normalized spacial score (nSPS) is 15.9. The summed E-state index contributed by atoms with van der Waals surface area (Å²) >= 11 is 0. The topological polar surface area (TPSA) is 63.1 Å². The third-order valence-electron chi connectivity index (χ3n) is 3.97. The van der Waals surface area contributed by atoms with Gasteiger partial charge in [0.1, 0.15) is 11.5 Å². The summed E-state index contributed by atoms with van der Waals surface area (Å²) in [6.07, 6.45) is 3.52. The van der Waals surface area contributed by atoms with Crippen LogP contribution in [0.1, 0.15) is 0 Å². The Morgan fingerprint density at radius 2 is 2.04 bits per heavy atom. The number of anilines is 2. The van der Waals surface area contributed by atoms with Crippen LogP contribution in [0.25, 0.3) is 16.7 Å². The van der Waals surface area contributed by atoms with E-state index < -0.39 is 11.7 Å². The van der Waals surface area contributed by atoms with E-state index in [1.54, 1.807) is 12.3 Å². The molecule has 1 fully saturated rings. The Morgan fingerprint density at radius 1 is 1.24 bits per heavy atom. The lowest BCUT2D eigenvalue weighted by Gasteiger charge is -2.40. The lowest BCUT2D eigenvalue weighted by molar-refractivity contribution is -0.105. The molecule has 4 rings (SSSR count). The highest BCUT2D eigenvalue weighted by molar-refractivity contribution is 5.79. The first-order valence-corrected chi connectivity index (χ1v) is 7.43. The third kappa shape index (κ3) is 2.77. The molecule has 0 atom stereocenters. The molecule has 0 radical (unpaired) electrons. The molecular formula is C16H12F3N5O. The molecule has 3 heterocycles. The van der Waals surface area contributed by atoms with Crippen LogP contribution in [0.4, 0.5) is 24.5 Å². The Balaban J connectivity index is 1.70. The van der Waals surface area contributed by atoms with Crippen molar-refractivity contribution in [2.45, 2.75) is 5.92 Å². The Hall–Kier alpha value is -3.10. The number of nitrogens with one attached hydrogen (secondary N) is 1. The fourth-order valence-corrected chi connectivity index (χ4v) is 2.74. The van der Waals surface area contributed by atoms with Gasteiger partial charge in [-0.15, -0.1) is 5.10 Å². The maximum Gasteiger partial charge on any atom is 0.282 e. The van der Waals surface area contributed by atoms with E-state index in [1.807, 2.05) is 0 Å². The van der Waals surface area contributed by atoms with Crippen LogP contribution >= 0.6 is 0 Å². The summed E-state index contributed by atoms with van der Waals surface area (Å²) in [6.45, 7) is -0.690. The summed E-state index contributed by atoms with van der Waals surface area (Å²) in [6, 6.07) is 5.77. The number of aromatic nitrogens is 3. The number of pyridine rings is 1. The number of rotatable bonds is 4. The Bertz CT molecular complexity index is 964. The van der Waals surface area contributed by atoms with Crippen LogP contribution < -0.4 is 10.2 Å². The van der Waals surface area contributed by atoms with E-state index in [-0.39, 0.29) is 18.8 Å². The van der Waals surface area contributed by atoms with Gasteiger partial charge in [0, 0.05) is 17.3 Å². The molecule has 0 bridgehead atoms. The minimum absolute atomic E-state index is 0.141. The SMILES string of the molecule is O=CNc1ccc(F)c(-n2cc3cc(N4CC(F)(F)C4)cnc3n2)c1. The van der Waals surface area contributed by atoms with Gasteiger partial charge in [-0.05, 0) is 24.3 Å². The largest absolute Gasteiger partial charge is 0.358 e. The van der Waals surface area contributed by atoms with Gasteiger partial charge in [-0.3, -0.25) is 4.79 Å².